The summed E-state index contributed by atoms with van der Waals surface area (Å²) in [5.41, 5.74) is 6.85. The fraction of sp³-hybridized carbons (Fsp3) is 0.429. The Balaban J connectivity index is 2.00. The number of nitrogens with two attached hydrogens (primary N) is 1. The van der Waals surface area contributed by atoms with Crippen molar-refractivity contribution in [3.63, 3.8) is 0 Å². The fourth-order valence-corrected chi connectivity index (χ4v) is 2.39. The van der Waals surface area contributed by atoms with Crippen LogP contribution in [0.5, 0.6) is 11.5 Å². The molecule has 20 heavy (non-hydrogen) atoms. The van der Waals surface area contributed by atoms with Gasteiger partial charge >= 0.3 is 0 Å². The van der Waals surface area contributed by atoms with Crippen molar-refractivity contribution in [1.29, 1.82) is 0 Å². The zero-order valence-electron chi connectivity index (χ0n) is 11.7. The second-order valence-corrected chi connectivity index (χ2v) is 4.93. The number of ether oxygens (including phenoxy) is 2. The third-order valence-electron chi connectivity index (χ3n) is 3.50. The second-order valence-electron chi connectivity index (χ2n) is 4.93. The molecule has 1 unspecified atom stereocenters. The maximum atomic E-state index is 5.96. The van der Waals surface area contributed by atoms with Gasteiger partial charge in [-0.2, -0.15) is 5.10 Å². The molecule has 0 aliphatic carbocycles. The maximum absolute atomic E-state index is 5.96. The third-order valence-corrected chi connectivity index (χ3v) is 3.50. The van der Waals surface area contributed by atoms with Crippen LogP contribution >= 0.6 is 0 Å². The van der Waals surface area contributed by atoms with Crippen molar-refractivity contribution in [3.05, 3.63) is 24.0 Å². The zero-order valence-corrected chi connectivity index (χ0v) is 11.7. The van der Waals surface area contributed by atoms with E-state index < -0.39 is 0 Å². The van der Waals surface area contributed by atoms with Gasteiger partial charge in [0.05, 0.1) is 20.8 Å². The molecule has 0 radical (unpaired) electrons. The van der Waals surface area contributed by atoms with Crippen molar-refractivity contribution in [1.82, 2.24) is 14.8 Å². The topological polar surface area (TPSA) is 75.2 Å². The van der Waals surface area contributed by atoms with Crippen molar-refractivity contribution in [3.8, 4) is 22.9 Å². The van der Waals surface area contributed by atoms with Crippen LogP contribution in [0.25, 0.3) is 11.4 Å². The maximum Gasteiger partial charge on any atom is 0.181 e. The van der Waals surface area contributed by atoms with Gasteiger partial charge in [-0.05, 0) is 18.6 Å². The first-order valence-corrected chi connectivity index (χ1v) is 6.62. The predicted molar refractivity (Wildman–Crippen MR) is 74.9 cm³/mol. The third kappa shape index (κ3) is 2.34. The first kappa shape index (κ1) is 12.9. The van der Waals surface area contributed by atoms with E-state index in [1.807, 2.05) is 22.9 Å². The van der Waals surface area contributed by atoms with Crippen LogP contribution in [-0.4, -0.2) is 35.0 Å². The SMILES string of the molecule is COc1cc(OC)cc(-c2nc3n(n2)CC(N)CC3)c1. The molecule has 6 heteroatoms. The number of hydrogen-bond acceptors (Lipinski definition) is 5. The van der Waals surface area contributed by atoms with Gasteiger partial charge in [-0.1, -0.05) is 0 Å². The smallest absolute Gasteiger partial charge is 0.181 e. The van der Waals surface area contributed by atoms with E-state index in [1.165, 1.54) is 0 Å². The van der Waals surface area contributed by atoms with Crippen LogP contribution in [-0.2, 0) is 13.0 Å². The average Bonchev–Trinajstić information content (AvgIpc) is 2.89. The number of nitrogens with zero attached hydrogens (tertiary/aromatic N) is 3. The summed E-state index contributed by atoms with van der Waals surface area (Å²) in [6.07, 6.45) is 1.83. The van der Waals surface area contributed by atoms with Gasteiger partial charge in [0.2, 0.25) is 0 Å². The van der Waals surface area contributed by atoms with Crippen LogP contribution < -0.4 is 15.2 Å². The first-order valence-electron chi connectivity index (χ1n) is 6.62. The van der Waals surface area contributed by atoms with E-state index in [9.17, 15) is 0 Å². The fourth-order valence-electron chi connectivity index (χ4n) is 2.39. The molecule has 6 nitrogen and oxygen atoms in total. The standard InChI is InChI=1S/C14H18N4O2/c1-19-11-5-9(6-12(7-11)20-2)14-16-13-4-3-10(15)8-18(13)17-14/h5-7,10H,3-4,8,15H2,1-2H3. The largest absolute Gasteiger partial charge is 0.497 e. The van der Waals surface area contributed by atoms with E-state index in [1.54, 1.807) is 14.2 Å². The molecule has 106 valence electrons. The second kappa shape index (κ2) is 5.13. The molecule has 2 aromatic rings. The number of hydrogen-bond donors (Lipinski definition) is 1. The van der Waals surface area contributed by atoms with Crippen LogP contribution in [0.15, 0.2) is 18.2 Å². The van der Waals surface area contributed by atoms with Crippen LogP contribution in [0.2, 0.25) is 0 Å². The van der Waals surface area contributed by atoms with E-state index in [4.69, 9.17) is 15.2 Å². The Labute approximate surface area is 117 Å². The normalized spacial score (nSPS) is 17.6. The summed E-state index contributed by atoms with van der Waals surface area (Å²) in [6.45, 7) is 0.726. The summed E-state index contributed by atoms with van der Waals surface area (Å²) in [5.74, 6) is 3.13. The Hall–Kier alpha value is -2.08. The summed E-state index contributed by atoms with van der Waals surface area (Å²) in [5, 5.41) is 4.54. The molecule has 2 N–H and O–H groups in total. The van der Waals surface area contributed by atoms with Crippen molar-refractivity contribution < 1.29 is 9.47 Å². The minimum absolute atomic E-state index is 0.164. The Morgan fingerprint density at radius 2 is 1.90 bits per heavy atom. The zero-order chi connectivity index (χ0) is 14.1. The molecule has 0 spiro atoms. The quantitative estimate of drug-likeness (QED) is 0.911. The predicted octanol–water partition coefficient (Wildman–Crippen LogP) is 1.24. The van der Waals surface area contributed by atoms with Crippen LogP contribution in [0.3, 0.4) is 0 Å². The Morgan fingerprint density at radius 1 is 1.20 bits per heavy atom. The van der Waals surface area contributed by atoms with Gasteiger partial charge in [0.25, 0.3) is 0 Å². The van der Waals surface area contributed by atoms with E-state index in [0.29, 0.717) is 5.82 Å². The summed E-state index contributed by atoms with van der Waals surface area (Å²) in [6, 6.07) is 5.81. The molecule has 0 bridgehead atoms. The van der Waals surface area contributed by atoms with Gasteiger partial charge in [0.1, 0.15) is 17.3 Å². The van der Waals surface area contributed by atoms with Crippen molar-refractivity contribution in [2.24, 2.45) is 5.73 Å². The minimum Gasteiger partial charge on any atom is -0.497 e. The molecule has 0 fully saturated rings. The monoisotopic (exact) mass is 274 g/mol. The van der Waals surface area contributed by atoms with Gasteiger partial charge < -0.3 is 15.2 Å². The number of benzene rings is 1. The van der Waals surface area contributed by atoms with Gasteiger partial charge in [0.15, 0.2) is 5.82 Å². The lowest BCUT2D eigenvalue weighted by atomic mass is 10.1. The Kier molecular flexibility index (Phi) is 3.31. The first-order chi connectivity index (χ1) is 9.69. The lowest BCUT2D eigenvalue weighted by molar-refractivity contribution is 0.394. The highest BCUT2D eigenvalue weighted by molar-refractivity contribution is 5.60. The Morgan fingerprint density at radius 3 is 2.55 bits per heavy atom. The van der Waals surface area contributed by atoms with E-state index >= 15 is 0 Å². The van der Waals surface area contributed by atoms with Gasteiger partial charge in [-0.15, -0.1) is 0 Å². The lowest BCUT2D eigenvalue weighted by Gasteiger charge is -2.17. The highest BCUT2D eigenvalue weighted by Crippen LogP contribution is 2.28. The molecular weight excluding hydrogens is 256 g/mol. The summed E-state index contributed by atoms with van der Waals surface area (Å²) < 4.78 is 12.4. The van der Waals surface area contributed by atoms with Gasteiger partial charge in [-0.3, -0.25) is 0 Å². The summed E-state index contributed by atoms with van der Waals surface area (Å²) in [7, 11) is 3.26. The van der Waals surface area contributed by atoms with Crippen molar-refractivity contribution in [2.45, 2.75) is 25.4 Å². The number of aryl methyl sites for hydroxylation is 1. The molecule has 0 saturated heterocycles. The molecule has 1 aliphatic rings. The molecule has 1 aromatic carbocycles. The molecular formula is C14H18N4O2. The molecule has 0 saturated carbocycles. The van der Waals surface area contributed by atoms with Crippen LogP contribution in [0.4, 0.5) is 0 Å². The average molecular weight is 274 g/mol. The number of methoxy groups -OCH3 is 2. The number of aromatic nitrogens is 3. The van der Waals surface area contributed by atoms with Crippen molar-refractivity contribution >= 4 is 0 Å². The summed E-state index contributed by atoms with van der Waals surface area (Å²) >= 11 is 0. The highest BCUT2D eigenvalue weighted by atomic mass is 16.5. The molecule has 2 heterocycles. The minimum atomic E-state index is 0.164. The molecule has 1 aliphatic heterocycles. The molecule has 0 amide bonds. The highest BCUT2D eigenvalue weighted by Gasteiger charge is 2.20. The van der Waals surface area contributed by atoms with Crippen LogP contribution in [0, 0.1) is 0 Å². The van der Waals surface area contributed by atoms with Crippen molar-refractivity contribution in [2.75, 3.05) is 14.2 Å². The van der Waals surface area contributed by atoms with Gasteiger partial charge in [0, 0.05) is 24.1 Å². The molecule has 3 rings (SSSR count). The van der Waals surface area contributed by atoms with Gasteiger partial charge in [-0.25, -0.2) is 9.67 Å². The summed E-state index contributed by atoms with van der Waals surface area (Å²) in [4.78, 5) is 4.59. The van der Waals surface area contributed by atoms with E-state index in [2.05, 4.69) is 10.1 Å². The number of fused-ring (bicyclic) bond motifs is 1. The number of rotatable bonds is 3. The Bertz CT molecular complexity index is 601. The van der Waals surface area contributed by atoms with Crippen LogP contribution in [0.1, 0.15) is 12.2 Å². The molecule has 1 aromatic heterocycles. The van der Waals surface area contributed by atoms with E-state index in [0.717, 1.165) is 42.3 Å². The molecule has 1 atom stereocenters. The van der Waals surface area contributed by atoms with E-state index in [-0.39, 0.29) is 6.04 Å². The lowest BCUT2D eigenvalue weighted by Crippen LogP contribution is -2.32.